The van der Waals surface area contributed by atoms with Crippen LogP contribution in [0.3, 0.4) is 0 Å². The first-order valence-corrected chi connectivity index (χ1v) is 11.4. The van der Waals surface area contributed by atoms with Gasteiger partial charge in [0.2, 0.25) is 0 Å². The summed E-state index contributed by atoms with van der Waals surface area (Å²) in [7, 11) is 0. The first-order chi connectivity index (χ1) is 15.0. The molecule has 4 rings (SSSR count). The van der Waals surface area contributed by atoms with E-state index in [4.69, 9.17) is 11.1 Å². The number of amidine groups is 1. The molecule has 3 aromatic rings. The van der Waals surface area contributed by atoms with E-state index < -0.39 is 11.3 Å². The molecule has 0 aliphatic carbocycles. The predicted molar refractivity (Wildman–Crippen MR) is 128 cm³/mol. The molecule has 5 N–H and O–H groups in total. The van der Waals surface area contributed by atoms with Gasteiger partial charge in [0.25, 0.3) is 11.3 Å². The highest BCUT2D eigenvalue weighted by atomic mass is 32.2. The molecule has 1 aliphatic heterocycles. The lowest BCUT2D eigenvalue weighted by Crippen LogP contribution is -2.28. The van der Waals surface area contributed by atoms with E-state index >= 15 is 0 Å². The number of nitrogens with two attached hydrogens (primary N) is 1. The maximum absolute atomic E-state index is 12.1. The topological polar surface area (TPSA) is 106 Å². The molecule has 3 aromatic carbocycles. The fourth-order valence-electron chi connectivity index (χ4n) is 3.90. The van der Waals surface area contributed by atoms with Gasteiger partial charge in [0.15, 0.2) is 0 Å². The highest BCUT2D eigenvalue weighted by Crippen LogP contribution is 2.25. The molecule has 1 fully saturated rings. The molecular formula is C23H27N5O2S. The third-order valence-electron chi connectivity index (χ3n) is 5.57. The zero-order valence-electron chi connectivity index (χ0n) is 17.3. The van der Waals surface area contributed by atoms with E-state index in [1.165, 1.54) is 4.31 Å². The molecule has 0 aromatic heterocycles. The maximum Gasteiger partial charge on any atom is 0.262 e. The predicted octanol–water partition coefficient (Wildman–Crippen LogP) is 3.07. The number of hydrogen-bond acceptors (Lipinski definition) is 4. The largest absolute Gasteiger partial charge is 0.384 e. The van der Waals surface area contributed by atoms with Gasteiger partial charge in [0.1, 0.15) is 5.84 Å². The lowest BCUT2D eigenvalue weighted by atomic mass is 10.0. The van der Waals surface area contributed by atoms with Crippen LogP contribution in [0, 0.1) is 5.41 Å². The van der Waals surface area contributed by atoms with Crippen LogP contribution in [0.5, 0.6) is 0 Å². The van der Waals surface area contributed by atoms with Crippen LogP contribution in [0.1, 0.15) is 17.5 Å². The summed E-state index contributed by atoms with van der Waals surface area (Å²) in [4.78, 5) is 2.33. The van der Waals surface area contributed by atoms with Gasteiger partial charge in [-0.15, -0.1) is 0 Å². The van der Waals surface area contributed by atoms with Crippen LogP contribution in [-0.4, -0.2) is 40.8 Å². The van der Waals surface area contributed by atoms with Crippen molar-refractivity contribution in [3.8, 4) is 0 Å². The van der Waals surface area contributed by atoms with Crippen LogP contribution in [0.2, 0.25) is 0 Å². The quantitative estimate of drug-likeness (QED) is 0.269. The average Bonchev–Trinajstić information content (AvgIpc) is 3.06. The van der Waals surface area contributed by atoms with Crippen molar-refractivity contribution in [2.24, 2.45) is 5.73 Å². The molecular weight excluding hydrogens is 410 g/mol. The first kappa shape index (κ1) is 21.3. The molecule has 0 radical (unpaired) electrons. The first-order valence-electron chi connectivity index (χ1n) is 10.3. The van der Waals surface area contributed by atoms with Gasteiger partial charge in [-0.1, -0.05) is 24.3 Å². The van der Waals surface area contributed by atoms with Gasteiger partial charge in [-0.25, -0.2) is 4.21 Å². The van der Waals surface area contributed by atoms with Crippen molar-refractivity contribution in [1.82, 2.24) is 5.32 Å². The number of rotatable bonds is 6. The van der Waals surface area contributed by atoms with E-state index in [1.807, 2.05) is 60.7 Å². The van der Waals surface area contributed by atoms with Crippen LogP contribution in [0.4, 0.5) is 11.4 Å². The van der Waals surface area contributed by atoms with E-state index in [1.54, 1.807) is 0 Å². The summed E-state index contributed by atoms with van der Waals surface area (Å²) in [6.45, 7) is 4.24. The van der Waals surface area contributed by atoms with Gasteiger partial charge in [-0.05, 0) is 65.7 Å². The van der Waals surface area contributed by atoms with Crippen LogP contribution >= 0.6 is 0 Å². The molecule has 1 aliphatic rings. The van der Waals surface area contributed by atoms with Crippen molar-refractivity contribution < 1.29 is 8.76 Å². The number of nitrogen functional groups attached to an aromatic ring is 1. The summed E-state index contributed by atoms with van der Waals surface area (Å²) in [5, 5.41) is 13.0. The minimum absolute atomic E-state index is 0.0191. The number of benzene rings is 3. The van der Waals surface area contributed by atoms with E-state index in [0.29, 0.717) is 11.3 Å². The third-order valence-corrected chi connectivity index (χ3v) is 6.29. The van der Waals surface area contributed by atoms with Gasteiger partial charge in [-0.2, -0.15) is 0 Å². The summed E-state index contributed by atoms with van der Waals surface area (Å²) in [5.41, 5.74) is 8.98. The van der Waals surface area contributed by atoms with Gasteiger partial charge >= 0.3 is 0 Å². The average molecular weight is 438 g/mol. The Morgan fingerprint density at radius 3 is 2.58 bits per heavy atom. The van der Waals surface area contributed by atoms with Crippen molar-refractivity contribution in [2.45, 2.75) is 13.0 Å². The Morgan fingerprint density at radius 1 is 1.06 bits per heavy atom. The van der Waals surface area contributed by atoms with Crippen molar-refractivity contribution in [2.75, 3.05) is 35.4 Å². The number of nitrogens with one attached hydrogen (secondary N) is 2. The normalized spacial score (nSPS) is 15.5. The van der Waals surface area contributed by atoms with E-state index in [-0.39, 0.29) is 12.4 Å². The van der Waals surface area contributed by atoms with Gasteiger partial charge in [0.05, 0.1) is 12.2 Å². The van der Waals surface area contributed by atoms with E-state index in [0.717, 1.165) is 54.6 Å². The second-order valence-corrected chi connectivity index (χ2v) is 8.59. The Hall–Kier alpha value is -2.94. The Bertz CT molecular complexity index is 1090. The molecule has 0 amide bonds. The molecule has 7 nitrogen and oxygen atoms in total. The Labute approximate surface area is 184 Å². The standard InChI is InChI=1S/C23H27N5O2S/c24-23(25)19-5-4-18-3-2-17(14-20(18)15-19)16-28(31(29)30)22-8-6-21(7-9-22)27-12-1-10-26-11-13-27/h2-9,14-15,26H,1,10-13,16H2,(H3,24,25)(H,29,30). The lowest BCUT2D eigenvalue weighted by Gasteiger charge is -2.24. The Balaban J connectivity index is 1.56. The smallest absolute Gasteiger partial charge is 0.262 e. The Morgan fingerprint density at radius 2 is 1.84 bits per heavy atom. The van der Waals surface area contributed by atoms with Crippen LogP contribution in [0.15, 0.2) is 60.7 Å². The minimum Gasteiger partial charge on any atom is -0.384 e. The zero-order valence-corrected chi connectivity index (χ0v) is 18.1. The van der Waals surface area contributed by atoms with Crippen LogP contribution in [0.25, 0.3) is 10.8 Å². The highest BCUT2D eigenvalue weighted by molar-refractivity contribution is 7.80. The minimum atomic E-state index is -2.16. The molecule has 0 bridgehead atoms. The number of anilines is 2. The van der Waals surface area contributed by atoms with Gasteiger partial charge < -0.3 is 16.0 Å². The molecule has 1 atom stereocenters. The fourth-order valence-corrected chi connectivity index (χ4v) is 4.46. The lowest BCUT2D eigenvalue weighted by molar-refractivity contribution is 0.558. The molecule has 0 saturated carbocycles. The van der Waals surface area contributed by atoms with Crippen molar-refractivity contribution in [3.05, 3.63) is 71.8 Å². The van der Waals surface area contributed by atoms with Crippen molar-refractivity contribution >= 4 is 39.2 Å². The summed E-state index contributed by atoms with van der Waals surface area (Å²) >= 11 is -2.16. The molecule has 1 saturated heterocycles. The molecule has 31 heavy (non-hydrogen) atoms. The van der Waals surface area contributed by atoms with E-state index in [2.05, 4.69) is 10.2 Å². The number of fused-ring (bicyclic) bond motifs is 1. The van der Waals surface area contributed by atoms with E-state index in [9.17, 15) is 8.76 Å². The molecule has 8 heteroatoms. The summed E-state index contributed by atoms with van der Waals surface area (Å²) in [6, 6.07) is 19.3. The molecule has 1 heterocycles. The maximum atomic E-state index is 12.1. The van der Waals surface area contributed by atoms with Gasteiger partial charge in [-0.3, -0.25) is 14.3 Å². The van der Waals surface area contributed by atoms with Gasteiger partial charge in [0, 0.05) is 30.9 Å². The highest BCUT2D eigenvalue weighted by Gasteiger charge is 2.15. The van der Waals surface area contributed by atoms with Crippen LogP contribution in [-0.2, 0) is 17.8 Å². The SMILES string of the molecule is N=C(N)c1ccc2ccc(CN(c3ccc(N4CCCNCC4)cc3)S(=O)O)cc2c1. The van der Waals surface area contributed by atoms with Crippen molar-refractivity contribution in [3.63, 3.8) is 0 Å². The Kier molecular flexibility index (Phi) is 6.50. The monoisotopic (exact) mass is 437 g/mol. The third kappa shape index (κ3) is 5.04. The number of nitrogens with zero attached hydrogens (tertiary/aromatic N) is 2. The molecule has 1 unspecified atom stereocenters. The zero-order chi connectivity index (χ0) is 21.8. The summed E-state index contributed by atoms with van der Waals surface area (Å²) in [6.07, 6.45) is 1.10. The number of hydrogen-bond donors (Lipinski definition) is 4. The van der Waals surface area contributed by atoms with Crippen LogP contribution < -0.4 is 20.3 Å². The van der Waals surface area contributed by atoms with Crippen molar-refractivity contribution in [1.29, 1.82) is 5.41 Å². The molecule has 0 spiro atoms. The summed E-state index contributed by atoms with van der Waals surface area (Å²) in [5.74, 6) is 0.0191. The fraction of sp³-hybridized carbons (Fsp3) is 0.261. The second kappa shape index (κ2) is 9.47. The second-order valence-electron chi connectivity index (χ2n) is 7.68. The summed E-state index contributed by atoms with van der Waals surface area (Å²) < 4.78 is 23.5. The molecule has 162 valence electrons.